The number of sulfonamides is 1. The molecule has 21 heavy (non-hydrogen) atoms. The van der Waals surface area contributed by atoms with Crippen LogP contribution in [0.4, 0.5) is 11.5 Å². The second-order valence-electron chi connectivity index (χ2n) is 4.53. The van der Waals surface area contributed by atoms with Gasteiger partial charge >= 0.3 is 0 Å². The molecule has 2 aromatic rings. The summed E-state index contributed by atoms with van der Waals surface area (Å²) < 4.78 is 26.8. The molecule has 0 amide bonds. The van der Waals surface area contributed by atoms with Gasteiger partial charge in [0.1, 0.15) is 5.82 Å². The van der Waals surface area contributed by atoms with E-state index < -0.39 is 14.9 Å². The summed E-state index contributed by atoms with van der Waals surface area (Å²) in [5, 5.41) is 10.7. The molecule has 0 aliphatic carbocycles. The van der Waals surface area contributed by atoms with E-state index in [0.717, 1.165) is 11.6 Å². The van der Waals surface area contributed by atoms with Gasteiger partial charge in [0.2, 0.25) is 0 Å². The molecule has 1 N–H and O–H groups in total. The number of aryl methyl sites for hydroxylation is 2. The summed E-state index contributed by atoms with van der Waals surface area (Å²) in [7, 11) is -3.92. The van der Waals surface area contributed by atoms with E-state index in [9.17, 15) is 18.5 Å². The Bertz CT molecular complexity index is 783. The minimum Gasteiger partial charge on any atom is -0.263 e. The molecule has 0 aliphatic rings. The molecular formula is C13H13N3O4S. The minimum absolute atomic E-state index is 0.180. The summed E-state index contributed by atoms with van der Waals surface area (Å²) in [6.45, 7) is 3.57. The van der Waals surface area contributed by atoms with Crippen LogP contribution in [0.15, 0.2) is 41.3 Å². The van der Waals surface area contributed by atoms with E-state index in [1.807, 2.05) is 13.0 Å². The number of anilines is 1. The summed E-state index contributed by atoms with van der Waals surface area (Å²) in [6, 6.07) is 8.24. The largest absolute Gasteiger partial charge is 0.270 e. The maximum atomic E-state index is 12.2. The van der Waals surface area contributed by atoms with Crippen LogP contribution < -0.4 is 4.72 Å². The van der Waals surface area contributed by atoms with Crippen LogP contribution in [-0.4, -0.2) is 18.3 Å². The number of nitro groups is 1. The van der Waals surface area contributed by atoms with Gasteiger partial charge in [0.25, 0.3) is 15.7 Å². The predicted molar refractivity (Wildman–Crippen MR) is 77.6 cm³/mol. The quantitative estimate of drug-likeness (QED) is 0.690. The second kappa shape index (κ2) is 5.49. The van der Waals surface area contributed by atoms with Crippen LogP contribution in [0.3, 0.4) is 0 Å². The van der Waals surface area contributed by atoms with Gasteiger partial charge in [-0.3, -0.25) is 14.8 Å². The molecule has 0 saturated carbocycles. The highest BCUT2D eigenvalue weighted by Gasteiger charge is 2.18. The summed E-state index contributed by atoms with van der Waals surface area (Å²) in [5.74, 6) is 0.180. The molecule has 0 radical (unpaired) electrons. The van der Waals surface area contributed by atoms with Crippen molar-refractivity contribution in [3.63, 3.8) is 0 Å². The molecule has 0 spiro atoms. The van der Waals surface area contributed by atoms with Crippen LogP contribution in [0.25, 0.3) is 0 Å². The lowest BCUT2D eigenvalue weighted by Crippen LogP contribution is -2.14. The number of nitro benzene ring substituents is 1. The van der Waals surface area contributed by atoms with Crippen molar-refractivity contribution in [2.24, 2.45) is 0 Å². The molecule has 1 heterocycles. The van der Waals surface area contributed by atoms with Crippen LogP contribution in [0, 0.1) is 24.0 Å². The maximum absolute atomic E-state index is 12.2. The van der Waals surface area contributed by atoms with Crippen molar-refractivity contribution in [1.29, 1.82) is 0 Å². The van der Waals surface area contributed by atoms with Crippen molar-refractivity contribution in [2.45, 2.75) is 18.7 Å². The van der Waals surface area contributed by atoms with Crippen LogP contribution in [0.2, 0.25) is 0 Å². The first-order valence-electron chi connectivity index (χ1n) is 6.00. The van der Waals surface area contributed by atoms with E-state index in [-0.39, 0.29) is 16.4 Å². The number of non-ortho nitro benzene ring substituents is 1. The SMILES string of the molecule is Cc1cc(C)nc(NS(=O)(=O)c2cccc([N+](=O)[O-])c2)c1. The van der Waals surface area contributed by atoms with Crippen molar-refractivity contribution in [3.8, 4) is 0 Å². The Morgan fingerprint density at radius 2 is 1.90 bits per heavy atom. The molecule has 1 aromatic heterocycles. The van der Waals surface area contributed by atoms with Crippen LogP contribution in [0.1, 0.15) is 11.3 Å². The van der Waals surface area contributed by atoms with Gasteiger partial charge in [0, 0.05) is 17.8 Å². The standard InChI is InChI=1S/C13H13N3O4S/c1-9-6-10(2)14-13(7-9)15-21(19,20)12-5-3-4-11(8-12)16(17)18/h3-8H,1-2H3,(H,14,15). The molecule has 1 aromatic carbocycles. The number of rotatable bonds is 4. The molecule has 0 aliphatic heterocycles. The highest BCUT2D eigenvalue weighted by Crippen LogP contribution is 2.20. The van der Waals surface area contributed by atoms with E-state index in [2.05, 4.69) is 9.71 Å². The van der Waals surface area contributed by atoms with Crippen molar-refractivity contribution < 1.29 is 13.3 Å². The highest BCUT2D eigenvalue weighted by molar-refractivity contribution is 7.92. The fourth-order valence-corrected chi connectivity index (χ4v) is 2.89. The predicted octanol–water partition coefficient (Wildman–Crippen LogP) is 2.41. The van der Waals surface area contributed by atoms with Gasteiger partial charge in [-0.25, -0.2) is 13.4 Å². The molecule has 0 fully saturated rings. The Labute approximate surface area is 121 Å². The fraction of sp³-hybridized carbons (Fsp3) is 0.154. The smallest absolute Gasteiger partial charge is 0.263 e. The lowest BCUT2D eigenvalue weighted by Gasteiger charge is -2.08. The topological polar surface area (TPSA) is 102 Å². The molecule has 0 bridgehead atoms. The number of benzene rings is 1. The highest BCUT2D eigenvalue weighted by atomic mass is 32.2. The normalized spacial score (nSPS) is 11.1. The van der Waals surface area contributed by atoms with E-state index in [1.54, 1.807) is 13.0 Å². The molecule has 0 atom stereocenters. The number of nitrogens with one attached hydrogen (secondary N) is 1. The van der Waals surface area contributed by atoms with Gasteiger partial charge in [0.05, 0.1) is 9.82 Å². The number of nitrogens with zero attached hydrogens (tertiary/aromatic N) is 2. The van der Waals surface area contributed by atoms with E-state index in [1.165, 1.54) is 18.2 Å². The van der Waals surface area contributed by atoms with Gasteiger partial charge in [-0.2, -0.15) is 0 Å². The molecule has 7 nitrogen and oxygen atoms in total. The third-order valence-corrected chi connectivity index (χ3v) is 4.03. The molecule has 110 valence electrons. The first kappa shape index (κ1) is 14.9. The fourth-order valence-electron chi connectivity index (χ4n) is 1.85. The summed E-state index contributed by atoms with van der Waals surface area (Å²) in [6.07, 6.45) is 0. The van der Waals surface area contributed by atoms with E-state index in [4.69, 9.17) is 0 Å². The van der Waals surface area contributed by atoms with Crippen LogP contribution in [0.5, 0.6) is 0 Å². The minimum atomic E-state index is -3.92. The molecule has 0 saturated heterocycles. The molecule has 0 unspecified atom stereocenters. The Hall–Kier alpha value is -2.48. The Morgan fingerprint density at radius 1 is 1.19 bits per heavy atom. The third-order valence-electron chi connectivity index (χ3n) is 2.68. The summed E-state index contributed by atoms with van der Waals surface area (Å²) >= 11 is 0. The lowest BCUT2D eigenvalue weighted by atomic mass is 10.2. The van der Waals surface area contributed by atoms with Gasteiger partial charge in [-0.1, -0.05) is 6.07 Å². The number of pyridine rings is 1. The molecular weight excluding hydrogens is 294 g/mol. The molecule has 8 heteroatoms. The monoisotopic (exact) mass is 307 g/mol. The first-order chi connectivity index (χ1) is 9.78. The van der Waals surface area contributed by atoms with Gasteiger partial charge in [-0.15, -0.1) is 0 Å². The number of aromatic nitrogens is 1. The van der Waals surface area contributed by atoms with Crippen molar-refractivity contribution in [1.82, 2.24) is 4.98 Å². The summed E-state index contributed by atoms with van der Waals surface area (Å²) in [4.78, 5) is 14.0. The molecule has 2 rings (SSSR count). The van der Waals surface area contributed by atoms with Crippen molar-refractivity contribution in [3.05, 3.63) is 57.8 Å². The Morgan fingerprint density at radius 3 is 2.52 bits per heavy atom. The van der Waals surface area contributed by atoms with E-state index in [0.29, 0.717) is 5.69 Å². The Kier molecular flexibility index (Phi) is 3.90. The third kappa shape index (κ3) is 3.54. The zero-order valence-electron chi connectivity index (χ0n) is 11.4. The van der Waals surface area contributed by atoms with Crippen LogP contribution in [-0.2, 0) is 10.0 Å². The van der Waals surface area contributed by atoms with Gasteiger partial charge in [-0.05, 0) is 37.6 Å². The Balaban J connectivity index is 2.38. The average Bonchev–Trinajstić information content (AvgIpc) is 2.37. The zero-order chi connectivity index (χ0) is 15.6. The number of hydrogen-bond donors (Lipinski definition) is 1. The number of hydrogen-bond acceptors (Lipinski definition) is 5. The second-order valence-corrected chi connectivity index (χ2v) is 6.21. The average molecular weight is 307 g/mol. The van der Waals surface area contributed by atoms with Crippen molar-refractivity contribution in [2.75, 3.05) is 4.72 Å². The maximum Gasteiger partial charge on any atom is 0.270 e. The van der Waals surface area contributed by atoms with E-state index >= 15 is 0 Å². The first-order valence-corrected chi connectivity index (χ1v) is 7.49. The lowest BCUT2D eigenvalue weighted by molar-refractivity contribution is -0.385. The van der Waals surface area contributed by atoms with Gasteiger partial charge in [0.15, 0.2) is 0 Å². The van der Waals surface area contributed by atoms with Crippen molar-refractivity contribution >= 4 is 21.5 Å². The van der Waals surface area contributed by atoms with Crippen LogP contribution >= 0.6 is 0 Å². The van der Waals surface area contributed by atoms with Gasteiger partial charge < -0.3 is 0 Å². The zero-order valence-corrected chi connectivity index (χ0v) is 12.2. The summed E-state index contributed by atoms with van der Waals surface area (Å²) in [5.41, 5.74) is 1.25.